The molecule has 6 nitrogen and oxygen atoms in total. The monoisotopic (exact) mass is 307 g/mol. The number of H-pyrrole nitrogens is 1. The third-order valence-corrected chi connectivity index (χ3v) is 3.57. The summed E-state index contributed by atoms with van der Waals surface area (Å²) in [4.78, 5) is 28.8. The molecule has 1 aromatic heterocycles. The third-order valence-electron chi connectivity index (χ3n) is 3.57. The van der Waals surface area contributed by atoms with Crippen LogP contribution in [0, 0.1) is 0 Å². The normalized spacial score (nSPS) is 17.2. The summed E-state index contributed by atoms with van der Waals surface area (Å²) in [5.41, 5.74) is 0.168. The molecular weight excluding hydrogens is 282 g/mol. The van der Waals surface area contributed by atoms with E-state index in [1.54, 1.807) is 12.3 Å². The summed E-state index contributed by atoms with van der Waals surface area (Å²) >= 11 is 0. The van der Waals surface area contributed by atoms with Gasteiger partial charge in [-0.3, -0.25) is 9.69 Å². The van der Waals surface area contributed by atoms with E-state index in [0.29, 0.717) is 12.2 Å². The SMILES string of the molecule is CC(C)(C)OC(=O)NC1CCN(CC(=O)c2ccc[nH]2)CC1. The van der Waals surface area contributed by atoms with Gasteiger partial charge in [0, 0.05) is 25.3 Å². The minimum absolute atomic E-state index is 0.101. The Morgan fingerprint density at radius 2 is 2.05 bits per heavy atom. The second-order valence-electron chi connectivity index (χ2n) is 6.70. The van der Waals surface area contributed by atoms with E-state index >= 15 is 0 Å². The minimum atomic E-state index is -0.479. The van der Waals surface area contributed by atoms with E-state index in [0.717, 1.165) is 25.9 Å². The molecule has 1 saturated heterocycles. The molecule has 0 spiro atoms. The average molecular weight is 307 g/mol. The lowest BCUT2D eigenvalue weighted by molar-refractivity contribution is 0.0476. The molecule has 1 amide bonds. The Morgan fingerprint density at radius 1 is 1.36 bits per heavy atom. The summed E-state index contributed by atoms with van der Waals surface area (Å²) in [6.07, 6.45) is 3.05. The fraction of sp³-hybridized carbons (Fsp3) is 0.625. The Hall–Kier alpha value is -1.82. The predicted octanol–water partition coefficient (Wildman–Crippen LogP) is 2.19. The smallest absolute Gasteiger partial charge is 0.407 e. The summed E-state index contributed by atoms with van der Waals surface area (Å²) in [5.74, 6) is 0.101. The van der Waals surface area contributed by atoms with Crippen LogP contribution in [0.1, 0.15) is 44.1 Å². The zero-order valence-electron chi connectivity index (χ0n) is 13.5. The van der Waals surface area contributed by atoms with Gasteiger partial charge >= 0.3 is 6.09 Å². The Labute approximate surface area is 131 Å². The number of nitrogens with zero attached hydrogens (tertiary/aromatic N) is 1. The number of nitrogens with one attached hydrogen (secondary N) is 2. The van der Waals surface area contributed by atoms with Crippen LogP contribution in [-0.2, 0) is 4.74 Å². The number of carbonyl (C=O) groups excluding carboxylic acids is 2. The van der Waals surface area contributed by atoms with E-state index in [2.05, 4.69) is 15.2 Å². The molecule has 2 N–H and O–H groups in total. The van der Waals surface area contributed by atoms with E-state index in [9.17, 15) is 9.59 Å². The Balaban J connectivity index is 1.72. The van der Waals surface area contributed by atoms with Crippen LogP contribution >= 0.6 is 0 Å². The van der Waals surface area contributed by atoms with Gasteiger partial charge in [0.1, 0.15) is 5.60 Å². The fourth-order valence-corrected chi connectivity index (χ4v) is 2.50. The first-order valence-corrected chi connectivity index (χ1v) is 7.72. The molecule has 6 heteroatoms. The molecule has 0 unspecified atom stereocenters. The molecule has 0 aliphatic carbocycles. The predicted molar refractivity (Wildman–Crippen MR) is 84.0 cm³/mol. The number of alkyl carbamates (subject to hydrolysis) is 1. The minimum Gasteiger partial charge on any atom is -0.444 e. The number of ether oxygens (including phenoxy) is 1. The highest BCUT2D eigenvalue weighted by molar-refractivity contribution is 5.95. The lowest BCUT2D eigenvalue weighted by Gasteiger charge is -2.32. The summed E-state index contributed by atoms with van der Waals surface area (Å²) in [6.45, 7) is 7.56. The quantitative estimate of drug-likeness (QED) is 0.836. The second-order valence-corrected chi connectivity index (χ2v) is 6.70. The highest BCUT2D eigenvalue weighted by Gasteiger charge is 2.24. The van der Waals surface area contributed by atoms with Gasteiger partial charge in [0.2, 0.25) is 0 Å². The van der Waals surface area contributed by atoms with Gasteiger partial charge < -0.3 is 15.0 Å². The van der Waals surface area contributed by atoms with Gasteiger partial charge in [0.15, 0.2) is 5.78 Å². The Bertz CT molecular complexity index is 497. The average Bonchev–Trinajstić information content (AvgIpc) is 2.92. The maximum atomic E-state index is 12.0. The van der Waals surface area contributed by atoms with Crippen molar-refractivity contribution >= 4 is 11.9 Å². The van der Waals surface area contributed by atoms with E-state index < -0.39 is 5.60 Å². The molecule has 122 valence electrons. The van der Waals surface area contributed by atoms with Crippen LogP contribution in [0.4, 0.5) is 4.79 Å². The highest BCUT2D eigenvalue weighted by atomic mass is 16.6. The zero-order chi connectivity index (χ0) is 16.2. The van der Waals surface area contributed by atoms with E-state index in [-0.39, 0.29) is 17.9 Å². The Morgan fingerprint density at radius 3 is 2.59 bits per heavy atom. The number of carbonyl (C=O) groups is 2. The first-order valence-electron chi connectivity index (χ1n) is 7.72. The summed E-state index contributed by atoms with van der Waals surface area (Å²) in [5, 5.41) is 2.90. The molecule has 1 aromatic rings. The molecule has 0 atom stereocenters. The first kappa shape index (κ1) is 16.5. The standard InChI is InChI=1S/C16H25N3O3/c1-16(2,3)22-15(21)18-12-6-9-19(10-7-12)11-14(20)13-5-4-8-17-13/h4-5,8,12,17H,6-7,9-11H2,1-3H3,(H,18,21). The summed E-state index contributed by atoms with van der Waals surface area (Å²) < 4.78 is 5.26. The largest absolute Gasteiger partial charge is 0.444 e. The van der Waals surface area contributed by atoms with Crippen LogP contribution in [0.25, 0.3) is 0 Å². The van der Waals surface area contributed by atoms with Crippen molar-refractivity contribution < 1.29 is 14.3 Å². The zero-order valence-corrected chi connectivity index (χ0v) is 13.5. The number of Topliss-reactive ketones (excluding diaryl/α,β-unsaturated/α-hetero) is 1. The lowest BCUT2D eigenvalue weighted by atomic mass is 10.0. The van der Waals surface area contributed by atoms with Crippen molar-refractivity contribution in [2.24, 2.45) is 0 Å². The second kappa shape index (κ2) is 6.96. The molecule has 0 aromatic carbocycles. The van der Waals surface area contributed by atoms with Gasteiger partial charge in [-0.25, -0.2) is 4.79 Å². The van der Waals surface area contributed by atoms with Crippen LogP contribution in [-0.4, -0.2) is 53.0 Å². The van der Waals surface area contributed by atoms with E-state index in [4.69, 9.17) is 4.74 Å². The molecular formula is C16H25N3O3. The third kappa shape index (κ3) is 5.18. The van der Waals surface area contributed by atoms with Crippen molar-refractivity contribution in [3.05, 3.63) is 24.0 Å². The number of amides is 1. The van der Waals surface area contributed by atoms with Crippen LogP contribution < -0.4 is 5.32 Å². The number of aromatic nitrogens is 1. The van der Waals surface area contributed by atoms with Gasteiger partial charge in [-0.1, -0.05) is 0 Å². The van der Waals surface area contributed by atoms with Crippen molar-refractivity contribution in [3.8, 4) is 0 Å². The number of ketones is 1. The van der Waals surface area contributed by atoms with E-state index in [1.165, 1.54) is 0 Å². The van der Waals surface area contributed by atoms with Crippen LogP contribution in [0.3, 0.4) is 0 Å². The molecule has 0 radical (unpaired) electrons. The van der Waals surface area contributed by atoms with Gasteiger partial charge in [-0.2, -0.15) is 0 Å². The molecule has 1 fully saturated rings. The molecule has 2 rings (SSSR count). The van der Waals surface area contributed by atoms with E-state index in [1.807, 2.05) is 26.8 Å². The van der Waals surface area contributed by atoms with Crippen LogP contribution in [0.15, 0.2) is 18.3 Å². The molecule has 1 aliphatic rings. The van der Waals surface area contributed by atoms with Crippen molar-refractivity contribution in [2.75, 3.05) is 19.6 Å². The highest BCUT2D eigenvalue weighted by Crippen LogP contribution is 2.13. The van der Waals surface area contributed by atoms with Crippen LogP contribution in [0.5, 0.6) is 0 Å². The molecule has 22 heavy (non-hydrogen) atoms. The molecule has 0 saturated carbocycles. The van der Waals surface area contributed by atoms with Gasteiger partial charge in [-0.05, 0) is 45.7 Å². The maximum Gasteiger partial charge on any atom is 0.407 e. The fourth-order valence-electron chi connectivity index (χ4n) is 2.50. The van der Waals surface area contributed by atoms with Gasteiger partial charge in [0.25, 0.3) is 0 Å². The summed E-state index contributed by atoms with van der Waals surface area (Å²) in [7, 11) is 0. The summed E-state index contributed by atoms with van der Waals surface area (Å²) in [6, 6.07) is 3.73. The topological polar surface area (TPSA) is 74.4 Å². The Kier molecular flexibility index (Phi) is 5.24. The molecule has 0 bridgehead atoms. The first-order chi connectivity index (χ1) is 10.3. The maximum absolute atomic E-state index is 12.0. The van der Waals surface area contributed by atoms with Crippen molar-refractivity contribution in [3.63, 3.8) is 0 Å². The van der Waals surface area contributed by atoms with Gasteiger partial charge in [-0.15, -0.1) is 0 Å². The van der Waals surface area contributed by atoms with Crippen molar-refractivity contribution in [2.45, 2.75) is 45.3 Å². The lowest BCUT2D eigenvalue weighted by Crippen LogP contribution is -2.47. The number of hydrogen-bond donors (Lipinski definition) is 2. The number of likely N-dealkylation sites (tertiary alicyclic amines) is 1. The number of rotatable bonds is 4. The van der Waals surface area contributed by atoms with Crippen molar-refractivity contribution in [1.29, 1.82) is 0 Å². The van der Waals surface area contributed by atoms with Gasteiger partial charge in [0.05, 0.1) is 12.2 Å². The number of hydrogen-bond acceptors (Lipinski definition) is 4. The number of aromatic amines is 1. The molecule has 1 aliphatic heterocycles. The number of piperidine rings is 1. The van der Waals surface area contributed by atoms with Crippen LogP contribution in [0.2, 0.25) is 0 Å². The van der Waals surface area contributed by atoms with Crippen molar-refractivity contribution in [1.82, 2.24) is 15.2 Å². The molecule has 2 heterocycles.